The number of benzene rings is 1. The molecule has 1 aromatic carbocycles. The molecule has 0 aromatic heterocycles. The summed E-state index contributed by atoms with van der Waals surface area (Å²) in [6, 6.07) is 5.47. The van der Waals surface area contributed by atoms with Gasteiger partial charge in [0, 0.05) is 0 Å². The van der Waals surface area contributed by atoms with E-state index < -0.39 is 0 Å². The van der Waals surface area contributed by atoms with Crippen molar-refractivity contribution in [2.75, 3.05) is 12.4 Å². The first-order valence-electron chi connectivity index (χ1n) is 6.93. The van der Waals surface area contributed by atoms with Crippen LogP contribution in [0.15, 0.2) is 18.2 Å². The molecule has 0 saturated carbocycles. The summed E-state index contributed by atoms with van der Waals surface area (Å²) in [5.41, 5.74) is 0. The van der Waals surface area contributed by atoms with Gasteiger partial charge in [-0.2, -0.15) is 12.6 Å². The van der Waals surface area contributed by atoms with Crippen LogP contribution in [0.25, 0.3) is 0 Å². The van der Waals surface area contributed by atoms with Gasteiger partial charge in [-0.1, -0.05) is 61.4 Å². The zero-order valence-electron chi connectivity index (χ0n) is 11.2. The van der Waals surface area contributed by atoms with Crippen LogP contribution in [-0.2, 0) is 0 Å². The highest BCUT2D eigenvalue weighted by Gasteiger charge is 2.04. The van der Waals surface area contributed by atoms with Gasteiger partial charge >= 0.3 is 0 Å². The minimum Gasteiger partial charge on any atom is -0.492 e. The second-order valence-corrected chi connectivity index (χ2v) is 5.83. The molecule has 0 radical (unpaired) electrons. The van der Waals surface area contributed by atoms with Gasteiger partial charge in [0.1, 0.15) is 10.8 Å². The lowest BCUT2D eigenvalue weighted by Gasteiger charge is -2.08. The fourth-order valence-electron chi connectivity index (χ4n) is 1.88. The predicted molar refractivity (Wildman–Crippen MR) is 88.1 cm³/mol. The molecule has 108 valence electrons. The van der Waals surface area contributed by atoms with Crippen molar-refractivity contribution in [3.05, 3.63) is 28.2 Å². The van der Waals surface area contributed by atoms with E-state index in [0.29, 0.717) is 22.4 Å². The van der Waals surface area contributed by atoms with Crippen molar-refractivity contribution in [1.82, 2.24) is 0 Å². The Labute approximate surface area is 132 Å². The molecule has 0 aliphatic rings. The van der Waals surface area contributed by atoms with Crippen molar-refractivity contribution < 1.29 is 4.74 Å². The molecule has 0 heterocycles. The first kappa shape index (κ1) is 17.0. The first-order valence-corrected chi connectivity index (χ1v) is 8.32. The van der Waals surface area contributed by atoms with E-state index in [-0.39, 0.29) is 0 Å². The lowest BCUT2D eigenvalue weighted by Crippen LogP contribution is -1.98. The SMILES string of the molecule is SCCCCCCCCCOc1cccc(Cl)c1Cl. The van der Waals surface area contributed by atoms with Gasteiger partial charge in [-0.3, -0.25) is 0 Å². The molecular formula is C15H22Cl2OS. The molecule has 0 fully saturated rings. The maximum atomic E-state index is 6.04. The van der Waals surface area contributed by atoms with Crippen molar-refractivity contribution in [1.29, 1.82) is 0 Å². The van der Waals surface area contributed by atoms with E-state index in [1.54, 1.807) is 6.07 Å². The van der Waals surface area contributed by atoms with Gasteiger partial charge in [-0.05, 0) is 30.7 Å². The summed E-state index contributed by atoms with van der Waals surface area (Å²) >= 11 is 16.2. The number of rotatable bonds is 10. The third kappa shape index (κ3) is 7.34. The second-order valence-electron chi connectivity index (χ2n) is 4.60. The zero-order valence-corrected chi connectivity index (χ0v) is 13.6. The standard InChI is InChI=1S/C15H22Cl2OS/c16-13-9-8-10-14(15(13)17)18-11-6-4-2-1-3-5-7-12-19/h8-10,19H,1-7,11-12H2. The molecule has 1 rings (SSSR count). The Hall–Kier alpha value is -0.0500. The molecule has 0 spiro atoms. The van der Waals surface area contributed by atoms with E-state index in [4.69, 9.17) is 27.9 Å². The molecule has 0 saturated heterocycles. The normalized spacial score (nSPS) is 10.7. The van der Waals surface area contributed by atoms with Gasteiger partial charge in [0.05, 0.1) is 11.6 Å². The number of ether oxygens (including phenoxy) is 1. The number of halogens is 2. The molecule has 0 amide bonds. The summed E-state index contributed by atoms with van der Waals surface area (Å²) < 4.78 is 5.64. The smallest absolute Gasteiger partial charge is 0.139 e. The Balaban J connectivity index is 2.03. The molecule has 0 aliphatic carbocycles. The summed E-state index contributed by atoms with van der Waals surface area (Å²) in [4.78, 5) is 0. The van der Waals surface area contributed by atoms with Gasteiger partial charge in [0.25, 0.3) is 0 Å². The van der Waals surface area contributed by atoms with Crippen LogP contribution in [0.3, 0.4) is 0 Å². The average molecular weight is 321 g/mol. The average Bonchev–Trinajstić information content (AvgIpc) is 2.41. The number of thiol groups is 1. The summed E-state index contributed by atoms with van der Waals surface area (Å²) in [7, 11) is 0. The highest BCUT2D eigenvalue weighted by molar-refractivity contribution is 7.80. The van der Waals surface area contributed by atoms with Crippen molar-refractivity contribution in [2.24, 2.45) is 0 Å². The summed E-state index contributed by atoms with van der Waals surface area (Å²) in [6.45, 7) is 0.705. The molecule has 0 bridgehead atoms. The molecule has 19 heavy (non-hydrogen) atoms. The third-order valence-electron chi connectivity index (χ3n) is 2.98. The number of unbranched alkanes of at least 4 members (excludes halogenated alkanes) is 6. The van der Waals surface area contributed by atoms with Crippen LogP contribution in [0.4, 0.5) is 0 Å². The maximum Gasteiger partial charge on any atom is 0.139 e. The maximum absolute atomic E-state index is 6.04. The first-order chi connectivity index (χ1) is 9.25. The Kier molecular flexibility index (Phi) is 9.58. The van der Waals surface area contributed by atoms with Gasteiger partial charge in [0.2, 0.25) is 0 Å². The Morgan fingerprint density at radius 2 is 1.53 bits per heavy atom. The zero-order chi connectivity index (χ0) is 13.9. The molecule has 0 atom stereocenters. The minimum absolute atomic E-state index is 0.510. The van der Waals surface area contributed by atoms with Gasteiger partial charge < -0.3 is 4.74 Å². The monoisotopic (exact) mass is 320 g/mol. The van der Waals surface area contributed by atoms with Crippen LogP contribution in [-0.4, -0.2) is 12.4 Å². The minimum atomic E-state index is 0.510. The fourth-order valence-corrected chi connectivity index (χ4v) is 2.45. The van der Waals surface area contributed by atoms with E-state index in [1.807, 2.05) is 12.1 Å². The van der Waals surface area contributed by atoms with E-state index >= 15 is 0 Å². The van der Waals surface area contributed by atoms with E-state index in [1.165, 1.54) is 38.5 Å². The van der Waals surface area contributed by atoms with Crippen LogP contribution in [0, 0.1) is 0 Å². The molecule has 1 aromatic rings. The van der Waals surface area contributed by atoms with Crippen molar-refractivity contribution in [2.45, 2.75) is 44.9 Å². The molecule has 4 heteroatoms. The van der Waals surface area contributed by atoms with Crippen LogP contribution in [0.5, 0.6) is 5.75 Å². The largest absolute Gasteiger partial charge is 0.492 e. The molecule has 0 N–H and O–H groups in total. The lowest BCUT2D eigenvalue weighted by molar-refractivity contribution is 0.304. The predicted octanol–water partition coefficient (Wildman–Crippen LogP) is 6.03. The van der Waals surface area contributed by atoms with Crippen LogP contribution in [0.1, 0.15) is 44.9 Å². The lowest BCUT2D eigenvalue weighted by atomic mass is 10.1. The topological polar surface area (TPSA) is 9.23 Å². The Morgan fingerprint density at radius 1 is 0.895 bits per heavy atom. The Bertz CT molecular complexity index is 358. The van der Waals surface area contributed by atoms with Gasteiger partial charge in [-0.15, -0.1) is 0 Å². The Morgan fingerprint density at radius 3 is 2.21 bits per heavy atom. The van der Waals surface area contributed by atoms with E-state index in [0.717, 1.165) is 12.2 Å². The van der Waals surface area contributed by atoms with E-state index in [2.05, 4.69) is 12.6 Å². The highest BCUT2D eigenvalue weighted by atomic mass is 35.5. The number of hydrogen-bond acceptors (Lipinski definition) is 2. The summed E-state index contributed by atoms with van der Waals surface area (Å²) in [5, 5.41) is 1.05. The number of hydrogen-bond donors (Lipinski definition) is 1. The highest BCUT2D eigenvalue weighted by Crippen LogP contribution is 2.31. The van der Waals surface area contributed by atoms with Crippen LogP contribution in [0.2, 0.25) is 10.0 Å². The van der Waals surface area contributed by atoms with Crippen molar-refractivity contribution in [3.8, 4) is 5.75 Å². The van der Waals surface area contributed by atoms with Gasteiger partial charge in [-0.25, -0.2) is 0 Å². The molecule has 1 nitrogen and oxygen atoms in total. The quantitative estimate of drug-likeness (QED) is 0.409. The fraction of sp³-hybridized carbons (Fsp3) is 0.600. The van der Waals surface area contributed by atoms with Crippen LogP contribution < -0.4 is 4.74 Å². The summed E-state index contributed by atoms with van der Waals surface area (Å²) in [5.74, 6) is 1.69. The second kappa shape index (κ2) is 10.7. The molecular weight excluding hydrogens is 299 g/mol. The van der Waals surface area contributed by atoms with Crippen molar-refractivity contribution >= 4 is 35.8 Å². The van der Waals surface area contributed by atoms with E-state index in [9.17, 15) is 0 Å². The molecule has 0 unspecified atom stereocenters. The summed E-state index contributed by atoms with van der Waals surface area (Å²) in [6.07, 6.45) is 8.72. The third-order valence-corrected chi connectivity index (χ3v) is 4.09. The molecule has 0 aliphatic heterocycles. The van der Waals surface area contributed by atoms with Crippen molar-refractivity contribution in [3.63, 3.8) is 0 Å². The van der Waals surface area contributed by atoms with Crippen LogP contribution >= 0.6 is 35.8 Å². The van der Waals surface area contributed by atoms with Gasteiger partial charge in [0.15, 0.2) is 0 Å².